The molecule has 0 aliphatic carbocycles. The van der Waals surface area contributed by atoms with Crippen LogP contribution in [0, 0.1) is 11.3 Å². The largest absolute Gasteiger partial charge is 0.478 e. The topological polar surface area (TPSA) is 61.1 Å². The van der Waals surface area contributed by atoms with Gasteiger partial charge >= 0.3 is 11.5 Å². The maximum Gasteiger partial charge on any atom is 0.446 e. The molecule has 0 heterocycles. The molecular formula is C9H3BrF3NO2S. The molecule has 0 saturated heterocycles. The summed E-state index contributed by atoms with van der Waals surface area (Å²) in [6.07, 6.45) is 0. The summed E-state index contributed by atoms with van der Waals surface area (Å²) in [7, 11) is 0. The monoisotopic (exact) mass is 325 g/mol. The highest BCUT2D eigenvalue weighted by molar-refractivity contribution is 9.10. The van der Waals surface area contributed by atoms with Crippen LogP contribution in [0.5, 0.6) is 0 Å². The van der Waals surface area contributed by atoms with Crippen molar-refractivity contribution in [2.75, 3.05) is 0 Å². The highest BCUT2D eigenvalue weighted by atomic mass is 79.9. The average Bonchev–Trinajstić information content (AvgIpc) is 2.12. The average molecular weight is 326 g/mol. The van der Waals surface area contributed by atoms with Gasteiger partial charge in [-0.05, 0) is 39.8 Å². The SMILES string of the molecule is N#Cc1cc(SC(F)(F)F)cc(Br)c1C(=O)O. The van der Waals surface area contributed by atoms with Crippen molar-refractivity contribution in [1.82, 2.24) is 0 Å². The highest BCUT2D eigenvalue weighted by Gasteiger charge is 2.30. The van der Waals surface area contributed by atoms with Crippen LogP contribution in [0.1, 0.15) is 15.9 Å². The lowest BCUT2D eigenvalue weighted by atomic mass is 10.1. The molecule has 17 heavy (non-hydrogen) atoms. The minimum absolute atomic E-state index is 0.0594. The minimum atomic E-state index is -4.49. The Balaban J connectivity index is 3.29. The van der Waals surface area contributed by atoms with E-state index in [2.05, 4.69) is 15.9 Å². The molecule has 90 valence electrons. The van der Waals surface area contributed by atoms with Gasteiger partial charge in [0.2, 0.25) is 0 Å². The van der Waals surface area contributed by atoms with Gasteiger partial charge in [0.25, 0.3) is 0 Å². The molecule has 3 nitrogen and oxygen atoms in total. The van der Waals surface area contributed by atoms with Crippen molar-refractivity contribution in [3.05, 3.63) is 27.7 Å². The normalized spacial score (nSPS) is 11.0. The Morgan fingerprint density at radius 2 is 2.06 bits per heavy atom. The van der Waals surface area contributed by atoms with Crippen molar-refractivity contribution in [1.29, 1.82) is 5.26 Å². The molecule has 0 saturated carbocycles. The second-order valence-corrected chi connectivity index (χ2v) is 4.79. The minimum Gasteiger partial charge on any atom is -0.478 e. The smallest absolute Gasteiger partial charge is 0.446 e. The Bertz CT molecular complexity index is 510. The number of carbonyl (C=O) groups is 1. The Kier molecular flexibility index (Phi) is 4.06. The van der Waals surface area contributed by atoms with Gasteiger partial charge in [-0.3, -0.25) is 0 Å². The van der Waals surface area contributed by atoms with Gasteiger partial charge in [0, 0.05) is 9.37 Å². The zero-order valence-corrected chi connectivity index (χ0v) is 10.3. The van der Waals surface area contributed by atoms with Crippen molar-refractivity contribution in [3.8, 4) is 6.07 Å². The van der Waals surface area contributed by atoms with Crippen LogP contribution in [0.3, 0.4) is 0 Å². The van der Waals surface area contributed by atoms with Crippen LogP contribution in [0.25, 0.3) is 0 Å². The Morgan fingerprint density at radius 1 is 1.47 bits per heavy atom. The standard InChI is InChI=1S/C9H3BrF3NO2S/c10-6-2-5(17-9(11,12)13)1-4(3-14)7(6)8(15)16/h1-2H,(H,15,16). The first kappa shape index (κ1) is 13.9. The molecule has 0 aromatic heterocycles. The first-order valence-corrected chi connectivity index (χ1v) is 5.58. The van der Waals surface area contributed by atoms with E-state index in [1.54, 1.807) is 6.07 Å². The molecule has 0 unspecified atom stereocenters. The second-order valence-electron chi connectivity index (χ2n) is 2.79. The van der Waals surface area contributed by atoms with E-state index < -0.39 is 23.2 Å². The number of aromatic carboxylic acids is 1. The third-order valence-corrected chi connectivity index (χ3v) is 2.96. The number of carboxylic acids is 1. The van der Waals surface area contributed by atoms with Gasteiger partial charge in [-0.1, -0.05) is 0 Å². The summed E-state index contributed by atoms with van der Waals surface area (Å²) < 4.78 is 36.3. The Hall–Kier alpha value is -1.20. The number of rotatable bonds is 2. The first-order valence-electron chi connectivity index (χ1n) is 3.97. The van der Waals surface area contributed by atoms with Gasteiger partial charge in [0.15, 0.2) is 0 Å². The number of carboxylic acid groups (broad SMARTS) is 1. The van der Waals surface area contributed by atoms with Crippen LogP contribution in [0.4, 0.5) is 13.2 Å². The molecule has 0 atom stereocenters. The fourth-order valence-corrected chi connectivity index (χ4v) is 2.48. The third kappa shape index (κ3) is 3.64. The number of benzene rings is 1. The summed E-state index contributed by atoms with van der Waals surface area (Å²) in [4.78, 5) is 10.5. The van der Waals surface area contributed by atoms with Crippen LogP contribution in [0.15, 0.2) is 21.5 Å². The van der Waals surface area contributed by atoms with E-state index in [4.69, 9.17) is 10.4 Å². The van der Waals surface area contributed by atoms with Crippen LogP contribution >= 0.6 is 27.7 Å². The van der Waals surface area contributed by atoms with Crippen molar-refractivity contribution in [2.45, 2.75) is 10.4 Å². The quantitative estimate of drug-likeness (QED) is 0.843. The van der Waals surface area contributed by atoms with Gasteiger partial charge < -0.3 is 5.11 Å². The number of nitriles is 1. The molecule has 0 radical (unpaired) electrons. The number of hydrogen-bond donors (Lipinski definition) is 1. The summed E-state index contributed by atoms with van der Waals surface area (Å²) in [5, 5.41) is 17.5. The van der Waals surface area contributed by atoms with E-state index >= 15 is 0 Å². The first-order chi connectivity index (χ1) is 7.74. The maximum atomic E-state index is 12.1. The van der Waals surface area contributed by atoms with Gasteiger partial charge in [0.1, 0.15) is 6.07 Å². The molecule has 0 bridgehead atoms. The van der Waals surface area contributed by atoms with Gasteiger partial charge in [-0.15, -0.1) is 0 Å². The predicted molar refractivity (Wildman–Crippen MR) is 57.7 cm³/mol. The lowest BCUT2D eigenvalue weighted by Crippen LogP contribution is -2.04. The third-order valence-electron chi connectivity index (χ3n) is 1.63. The molecule has 0 aliphatic rings. The van der Waals surface area contributed by atoms with Crippen LogP contribution in [-0.2, 0) is 0 Å². The summed E-state index contributed by atoms with van der Waals surface area (Å²) in [6, 6.07) is 3.46. The predicted octanol–water partition coefficient (Wildman–Crippen LogP) is 3.63. The zero-order valence-electron chi connectivity index (χ0n) is 7.88. The lowest BCUT2D eigenvalue weighted by molar-refractivity contribution is -0.0328. The van der Waals surface area contributed by atoms with Crippen molar-refractivity contribution >= 4 is 33.7 Å². The fraction of sp³-hybridized carbons (Fsp3) is 0.111. The Labute approximate surface area is 106 Å². The fourth-order valence-electron chi connectivity index (χ4n) is 1.08. The molecule has 1 N–H and O–H groups in total. The molecule has 0 fully saturated rings. The molecule has 8 heteroatoms. The zero-order chi connectivity index (χ0) is 13.2. The summed E-state index contributed by atoms with van der Waals surface area (Å²) in [5.41, 5.74) is -5.16. The lowest BCUT2D eigenvalue weighted by Gasteiger charge is -2.08. The number of thioether (sulfide) groups is 1. The highest BCUT2D eigenvalue weighted by Crippen LogP contribution is 2.39. The van der Waals surface area contributed by atoms with E-state index in [1.165, 1.54) is 0 Å². The maximum absolute atomic E-state index is 12.1. The van der Waals surface area contributed by atoms with Gasteiger partial charge in [-0.2, -0.15) is 18.4 Å². The summed E-state index contributed by atoms with van der Waals surface area (Å²) in [6.45, 7) is 0. The van der Waals surface area contributed by atoms with Gasteiger partial charge in [0.05, 0.1) is 11.1 Å². The number of nitrogens with zero attached hydrogens (tertiary/aromatic N) is 1. The van der Waals surface area contributed by atoms with Crippen molar-refractivity contribution < 1.29 is 23.1 Å². The molecule has 0 spiro atoms. The van der Waals surface area contributed by atoms with E-state index in [1.807, 2.05) is 0 Å². The molecule has 0 amide bonds. The van der Waals surface area contributed by atoms with Crippen LogP contribution < -0.4 is 0 Å². The van der Waals surface area contributed by atoms with Crippen LogP contribution in [-0.4, -0.2) is 16.6 Å². The Morgan fingerprint density at radius 3 is 2.47 bits per heavy atom. The summed E-state index contributed by atoms with van der Waals surface area (Å²) >= 11 is 2.43. The number of alkyl halides is 3. The van der Waals surface area contributed by atoms with Gasteiger partial charge in [-0.25, -0.2) is 4.79 Å². The van der Waals surface area contributed by atoms with E-state index in [9.17, 15) is 18.0 Å². The van der Waals surface area contributed by atoms with Crippen LogP contribution in [0.2, 0.25) is 0 Å². The number of hydrogen-bond acceptors (Lipinski definition) is 3. The summed E-state index contributed by atoms with van der Waals surface area (Å²) in [5.74, 6) is -1.38. The molecule has 1 rings (SSSR count). The molecule has 0 aliphatic heterocycles. The van der Waals surface area contributed by atoms with Crippen molar-refractivity contribution in [2.24, 2.45) is 0 Å². The van der Waals surface area contributed by atoms with Crippen molar-refractivity contribution in [3.63, 3.8) is 0 Å². The molecular weight excluding hydrogens is 323 g/mol. The van der Waals surface area contributed by atoms with E-state index in [0.29, 0.717) is 0 Å². The van der Waals surface area contributed by atoms with E-state index in [0.717, 1.165) is 12.1 Å². The molecule has 1 aromatic rings. The number of halogens is 4. The van der Waals surface area contributed by atoms with E-state index in [-0.39, 0.29) is 20.5 Å². The second kappa shape index (κ2) is 4.98. The molecule has 1 aromatic carbocycles.